The van der Waals surface area contributed by atoms with Gasteiger partial charge in [0, 0.05) is 19.1 Å². The van der Waals surface area contributed by atoms with Gasteiger partial charge in [0.05, 0.1) is 17.9 Å². The number of carbonyl (C=O) groups is 2. The van der Waals surface area contributed by atoms with E-state index in [0.717, 1.165) is 22.4 Å². The number of methoxy groups -OCH3 is 1. The van der Waals surface area contributed by atoms with Crippen molar-refractivity contribution in [3.8, 4) is 5.75 Å². The van der Waals surface area contributed by atoms with Gasteiger partial charge in [-0.15, -0.1) is 11.8 Å². The van der Waals surface area contributed by atoms with E-state index in [9.17, 15) is 9.59 Å². The Labute approximate surface area is 199 Å². The van der Waals surface area contributed by atoms with Gasteiger partial charge in [-0.2, -0.15) is 0 Å². The number of Topliss-reactive ketones (excluding diaryl/α,β-unsaturated/α-hetero) is 1. The largest absolute Gasteiger partial charge is 0.497 e. The van der Waals surface area contributed by atoms with Gasteiger partial charge in [-0.1, -0.05) is 79.7 Å². The molecule has 0 fully saturated rings. The molecule has 0 aliphatic heterocycles. The van der Waals surface area contributed by atoms with Gasteiger partial charge in [-0.3, -0.25) is 15.0 Å². The summed E-state index contributed by atoms with van der Waals surface area (Å²) in [7, 11) is 1.65. The van der Waals surface area contributed by atoms with Crippen molar-refractivity contribution < 1.29 is 14.3 Å². The molecule has 0 saturated carbocycles. The Hall–Kier alpha value is -3.09. The Morgan fingerprint density at radius 1 is 0.879 bits per heavy atom. The normalized spacial score (nSPS) is 12.1. The number of amides is 1. The van der Waals surface area contributed by atoms with E-state index in [4.69, 9.17) is 4.74 Å². The molecule has 2 N–H and O–H groups in total. The van der Waals surface area contributed by atoms with Crippen molar-refractivity contribution in [2.24, 2.45) is 0 Å². The topological polar surface area (TPSA) is 67.4 Å². The summed E-state index contributed by atoms with van der Waals surface area (Å²) in [4.78, 5) is 24.2. The molecule has 0 bridgehead atoms. The summed E-state index contributed by atoms with van der Waals surface area (Å²) in [5, 5.41) is 0. The number of thioether (sulfide) groups is 1. The lowest BCUT2D eigenvalue weighted by Gasteiger charge is -2.36. The quantitative estimate of drug-likeness (QED) is 0.319. The number of nitrogens with one attached hydrogen (secondary N) is 2. The van der Waals surface area contributed by atoms with Gasteiger partial charge >= 0.3 is 0 Å². The number of benzene rings is 3. The zero-order chi connectivity index (χ0) is 23.7. The minimum Gasteiger partial charge on any atom is -0.497 e. The highest BCUT2D eigenvalue weighted by atomic mass is 32.2. The first kappa shape index (κ1) is 24.6. The molecule has 5 nitrogen and oxygen atoms in total. The lowest BCUT2D eigenvalue weighted by Crippen LogP contribution is -2.49. The number of ketones is 1. The van der Waals surface area contributed by atoms with E-state index in [1.807, 2.05) is 55.5 Å². The molecule has 0 aliphatic carbocycles. The molecule has 3 aromatic carbocycles. The standard InChI is InChI=1S/C27H30N2O3S/c1-4-26(31)25(29-28-20(2)30)19-33-27(21-11-7-5-8-12-21,22-13-9-6-10-14-22)23-15-17-24(32-3)18-16-23/h5-18,25,29H,4,19H2,1-3H3,(H,28,30)/t25-/m0/s1. The van der Waals surface area contributed by atoms with Crippen molar-refractivity contribution in [1.29, 1.82) is 0 Å². The monoisotopic (exact) mass is 462 g/mol. The van der Waals surface area contributed by atoms with Crippen LogP contribution in [0.1, 0.15) is 37.0 Å². The van der Waals surface area contributed by atoms with Crippen LogP contribution in [-0.4, -0.2) is 30.6 Å². The van der Waals surface area contributed by atoms with E-state index in [2.05, 4.69) is 47.2 Å². The Morgan fingerprint density at radius 2 is 1.39 bits per heavy atom. The predicted octanol–water partition coefficient (Wildman–Crippen LogP) is 4.71. The fraction of sp³-hybridized carbons (Fsp3) is 0.259. The van der Waals surface area contributed by atoms with E-state index >= 15 is 0 Å². The van der Waals surface area contributed by atoms with Gasteiger partial charge in [0.15, 0.2) is 5.78 Å². The molecule has 3 rings (SSSR count). The van der Waals surface area contributed by atoms with Crippen LogP contribution in [0.2, 0.25) is 0 Å². The van der Waals surface area contributed by atoms with Crippen molar-refractivity contribution in [1.82, 2.24) is 10.9 Å². The second-order valence-corrected chi connectivity index (χ2v) is 8.89. The molecule has 1 amide bonds. The Bertz CT molecular complexity index is 1000. The number of carbonyl (C=O) groups excluding carboxylic acids is 2. The smallest absolute Gasteiger partial charge is 0.230 e. The fourth-order valence-corrected chi connectivity index (χ4v) is 5.37. The minimum absolute atomic E-state index is 0.0426. The highest BCUT2D eigenvalue weighted by Gasteiger charge is 2.38. The summed E-state index contributed by atoms with van der Waals surface area (Å²) in [6.45, 7) is 3.25. The summed E-state index contributed by atoms with van der Waals surface area (Å²) >= 11 is 1.67. The van der Waals surface area contributed by atoms with Gasteiger partial charge in [-0.05, 0) is 28.8 Å². The first-order chi connectivity index (χ1) is 16.0. The second kappa shape index (κ2) is 11.7. The van der Waals surface area contributed by atoms with Crippen LogP contribution in [0.25, 0.3) is 0 Å². The van der Waals surface area contributed by atoms with Crippen LogP contribution in [0, 0.1) is 0 Å². The summed E-state index contributed by atoms with van der Waals surface area (Å²) in [5.41, 5.74) is 8.80. The van der Waals surface area contributed by atoms with Crippen LogP contribution in [0.15, 0.2) is 84.9 Å². The predicted molar refractivity (Wildman–Crippen MR) is 134 cm³/mol. The van der Waals surface area contributed by atoms with E-state index in [1.54, 1.807) is 18.9 Å². The van der Waals surface area contributed by atoms with Gasteiger partial charge < -0.3 is 4.74 Å². The van der Waals surface area contributed by atoms with Crippen LogP contribution < -0.4 is 15.6 Å². The molecule has 1 atom stereocenters. The van der Waals surface area contributed by atoms with E-state index < -0.39 is 10.8 Å². The van der Waals surface area contributed by atoms with Crippen LogP contribution in [0.5, 0.6) is 5.75 Å². The molecule has 33 heavy (non-hydrogen) atoms. The first-order valence-electron chi connectivity index (χ1n) is 11.0. The average molecular weight is 463 g/mol. The van der Waals surface area contributed by atoms with Crippen LogP contribution in [0.3, 0.4) is 0 Å². The molecule has 0 heterocycles. The third-order valence-electron chi connectivity index (χ3n) is 5.48. The Balaban J connectivity index is 2.12. The maximum atomic E-state index is 12.7. The van der Waals surface area contributed by atoms with E-state index in [0.29, 0.717) is 12.2 Å². The summed E-state index contributed by atoms with van der Waals surface area (Å²) < 4.78 is 4.82. The number of hydrazine groups is 1. The number of rotatable bonds is 11. The number of hydrogen-bond donors (Lipinski definition) is 2. The minimum atomic E-state index is -0.570. The van der Waals surface area contributed by atoms with Crippen LogP contribution in [-0.2, 0) is 14.3 Å². The molecule has 6 heteroatoms. The molecular formula is C27H30N2O3S. The second-order valence-electron chi connectivity index (χ2n) is 7.65. The summed E-state index contributed by atoms with van der Waals surface area (Å²) in [5.74, 6) is 1.05. The fourth-order valence-electron chi connectivity index (χ4n) is 3.78. The molecular weight excluding hydrogens is 432 g/mol. The third kappa shape index (κ3) is 5.83. The van der Waals surface area contributed by atoms with Gasteiger partial charge in [0.1, 0.15) is 5.75 Å². The van der Waals surface area contributed by atoms with Crippen molar-refractivity contribution in [3.63, 3.8) is 0 Å². The number of ether oxygens (including phenoxy) is 1. The van der Waals surface area contributed by atoms with Gasteiger partial charge in [-0.25, -0.2) is 5.43 Å². The molecule has 0 spiro atoms. The summed E-state index contributed by atoms with van der Waals surface area (Å²) in [6, 6.07) is 28.1. The van der Waals surface area contributed by atoms with Crippen molar-refractivity contribution in [2.75, 3.05) is 12.9 Å². The van der Waals surface area contributed by atoms with Crippen molar-refractivity contribution >= 4 is 23.5 Å². The molecule has 0 aromatic heterocycles. The molecule has 0 radical (unpaired) electrons. The molecule has 0 unspecified atom stereocenters. The van der Waals surface area contributed by atoms with Crippen molar-refractivity contribution in [2.45, 2.75) is 31.1 Å². The lowest BCUT2D eigenvalue weighted by atomic mass is 9.84. The maximum Gasteiger partial charge on any atom is 0.230 e. The van der Waals surface area contributed by atoms with Crippen LogP contribution >= 0.6 is 11.8 Å². The molecule has 3 aromatic rings. The third-order valence-corrected chi connectivity index (χ3v) is 7.12. The highest BCUT2D eigenvalue weighted by Crippen LogP contribution is 2.49. The van der Waals surface area contributed by atoms with E-state index in [1.165, 1.54) is 6.92 Å². The zero-order valence-electron chi connectivity index (χ0n) is 19.2. The van der Waals surface area contributed by atoms with Crippen molar-refractivity contribution in [3.05, 3.63) is 102 Å². The van der Waals surface area contributed by atoms with Gasteiger partial charge in [0.25, 0.3) is 0 Å². The Morgan fingerprint density at radius 3 is 1.85 bits per heavy atom. The number of hydrogen-bond acceptors (Lipinski definition) is 5. The molecule has 172 valence electrons. The SMILES string of the molecule is CCC(=O)[C@H](CSC(c1ccccc1)(c1ccccc1)c1ccc(OC)cc1)NNC(C)=O. The first-order valence-corrected chi connectivity index (χ1v) is 11.9. The molecule has 0 saturated heterocycles. The van der Waals surface area contributed by atoms with E-state index in [-0.39, 0.29) is 11.7 Å². The van der Waals surface area contributed by atoms with Gasteiger partial charge in [0.2, 0.25) is 5.91 Å². The summed E-state index contributed by atoms with van der Waals surface area (Å²) in [6.07, 6.45) is 0.379. The Kier molecular flexibility index (Phi) is 8.69. The van der Waals surface area contributed by atoms with Crippen LogP contribution in [0.4, 0.5) is 0 Å². The average Bonchev–Trinajstić information content (AvgIpc) is 2.87. The lowest BCUT2D eigenvalue weighted by molar-refractivity contribution is -0.122. The maximum absolute atomic E-state index is 12.7. The zero-order valence-corrected chi connectivity index (χ0v) is 20.0. The highest BCUT2D eigenvalue weighted by molar-refractivity contribution is 8.00. The molecule has 0 aliphatic rings.